The van der Waals surface area contributed by atoms with Crippen LogP contribution in [0.25, 0.3) is 0 Å². The summed E-state index contributed by atoms with van der Waals surface area (Å²) in [6, 6.07) is 15.8. The van der Waals surface area contributed by atoms with Gasteiger partial charge < -0.3 is 10.1 Å². The monoisotopic (exact) mass is 440 g/mol. The van der Waals surface area contributed by atoms with Crippen LogP contribution < -0.4 is 5.32 Å². The molecule has 1 amide bonds. The molecule has 0 radical (unpaired) electrons. The van der Waals surface area contributed by atoms with Crippen molar-refractivity contribution in [1.29, 1.82) is 0 Å². The predicted octanol–water partition coefficient (Wildman–Crippen LogP) is 1.88. The standard InChI is InChI=1S/C22H24N4O4S/c27-22(23-16-19-4-1-2-5-20(19)17-25-11-3-10-24-25)18-6-8-21(9-7-18)31(28,29)26-12-14-30-15-13-26/h1-11H,12-17H2,(H,23,27). The third kappa shape index (κ3) is 5.01. The lowest BCUT2D eigenvalue weighted by Gasteiger charge is -2.26. The Morgan fingerprint density at radius 2 is 1.71 bits per heavy atom. The molecule has 1 fully saturated rings. The van der Waals surface area contributed by atoms with E-state index in [-0.39, 0.29) is 10.8 Å². The highest BCUT2D eigenvalue weighted by molar-refractivity contribution is 7.89. The first-order chi connectivity index (χ1) is 15.0. The van der Waals surface area contributed by atoms with Gasteiger partial charge in [-0.25, -0.2) is 8.42 Å². The van der Waals surface area contributed by atoms with Crippen molar-refractivity contribution in [2.75, 3.05) is 26.3 Å². The topological polar surface area (TPSA) is 93.5 Å². The lowest BCUT2D eigenvalue weighted by molar-refractivity contribution is 0.0730. The molecule has 0 aliphatic carbocycles. The zero-order valence-corrected chi connectivity index (χ0v) is 17.8. The molecule has 0 spiro atoms. The minimum atomic E-state index is -3.58. The Morgan fingerprint density at radius 1 is 1.00 bits per heavy atom. The van der Waals surface area contributed by atoms with Gasteiger partial charge in [0.2, 0.25) is 10.0 Å². The minimum absolute atomic E-state index is 0.176. The number of ether oxygens (including phenoxy) is 1. The molecule has 162 valence electrons. The molecule has 31 heavy (non-hydrogen) atoms. The van der Waals surface area contributed by atoms with Gasteiger partial charge in [0.05, 0.1) is 24.7 Å². The smallest absolute Gasteiger partial charge is 0.251 e. The average molecular weight is 441 g/mol. The van der Waals surface area contributed by atoms with Crippen LogP contribution in [0.15, 0.2) is 71.9 Å². The number of carbonyl (C=O) groups excluding carboxylic acids is 1. The molecule has 1 N–H and O–H groups in total. The number of nitrogens with zero attached hydrogens (tertiary/aromatic N) is 3. The molecule has 0 saturated carbocycles. The van der Waals surface area contributed by atoms with Crippen molar-refractivity contribution in [2.24, 2.45) is 0 Å². The molecule has 3 aromatic rings. The van der Waals surface area contributed by atoms with Gasteiger partial charge in [0.15, 0.2) is 0 Å². The Bertz CT molecular complexity index is 1120. The Hall–Kier alpha value is -3.01. The number of hydrogen-bond acceptors (Lipinski definition) is 5. The highest BCUT2D eigenvalue weighted by Gasteiger charge is 2.26. The molecule has 9 heteroatoms. The van der Waals surface area contributed by atoms with E-state index in [1.807, 2.05) is 41.2 Å². The second-order valence-corrected chi connectivity index (χ2v) is 9.13. The second-order valence-electron chi connectivity index (χ2n) is 7.20. The Balaban J connectivity index is 1.41. The maximum absolute atomic E-state index is 12.7. The summed E-state index contributed by atoms with van der Waals surface area (Å²) in [5.41, 5.74) is 2.47. The van der Waals surface area contributed by atoms with Crippen molar-refractivity contribution in [2.45, 2.75) is 18.0 Å². The van der Waals surface area contributed by atoms with E-state index in [1.165, 1.54) is 28.6 Å². The summed E-state index contributed by atoms with van der Waals surface area (Å²) < 4.78 is 33.9. The molecular formula is C22H24N4O4S. The van der Waals surface area contributed by atoms with Crippen LogP contribution in [0.2, 0.25) is 0 Å². The Kier molecular flexibility index (Phi) is 6.45. The number of benzene rings is 2. The van der Waals surface area contributed by atoms with Crippen LogP contribution in [-0.2, 0) is 27.8 Å². The fourth-order valence-electron chi connectivity index (χ4n) is 3.44. The first kappa shape index (κ1) is 21.2. The van der Waals surface area contributed by atoms with Gasteiger partial charge in [-0.05, 0) is 41.5 Å². The zero-order valence-electron chi connectivity index (χ0n) is 17.0. The van der Waals surface area contributed by atoms with E-state index < -0.39 is 10.0 Å². The van der Waals surface area contributed by atoms with Gasteiger partial charge in [0, 0.05) is 37.6 Å². The molecule has 0 bridgehead atoms. The van der Waals surface area contributed by atoms with Crippen molar-refractivity contribution >= 4 is 15.9 Å². The lowest BCUT2D eigenvalue weighted by atomic mass is 10.1. The summed E-state index contributed by atoms with van der Waals surface area (Å²) in [6.45, 7) is 2.44. The summed E-state index contributed by atoms with van der Waals surface area (Å²) in [7, 11) is -3.58. The van der Waals surface area contributed by atoms with Gasteiger partial charge in [-0.3, -0.25) is 9.48 Å². The number of carbonyl (C=O) groups is 1. The van der Waals surface area contributed by atoms with Gasteiger partial charge in [-0.1, -0.05) is 24.3 Å². The van der Waals surface area contributed by atoms with Crippen LogP contribution in [0.4, 0.5) is 0 Å². The first-order valence-corrected chi connectivity index (χ1v) is 11.5. The third-order valence-corrected chi connectivity index (χ3v) is 7.09. The van der Waals surface area contributed by atoms with Crippen molar-refractivity contribution in [3.8, 4) is 0 Å². The fourth-order valence-corrected chi connectivity index (χ4v) is 4.85. The molecule has 1 saturated heterocycles. The predicted molar refractivity (Wildman–Crippen MR) is 115 cm³/mol. The van der Waals surface area contributed by atoms with Crippen molar-refractivity contribution < 1.29 is 17.9 Å². The largest absolute Gasteiger partial charge is 0.379 e. The summed E-state index contributed by atoms with van der Waals surface area (Å²) >= 11 is 0. The molecule has 0 unspecified atom stereocenters. The number of amides is 1. The highest BCUT2D eigenvalue weighted by atomic mass is 32.2. The van der Waals surface area contributed by atoms with Gasteiger partial charge in [-0.2, -0.15) is 9.40 Å². The number of aromatic nitrogens is 2. The number of nitrogens with one attached hydrogen (secondary N) is 1. The molecular weight excluding hydrogens is 416 g/mol. The van der Waals surface area contributed by atoms with E-state index in [2.05, 4.69) is 10.4 Å². The van der Waals surface area contributed by atoms with Crippen LogP contribution in [0.5, 0.6) is 0 Å². The van der Waals surface area contributed by atoms with E-state index in [4.69, 9.17) is 4.74 Å². The quantitative estimate of drug-likeness (QED) is 0.606. The molecule has 2 heterocycles. The normalized spacial score (nSPS) is 15.0. The summed E-state index contributed by atoms with van der Waals surface area (Å²) in [6.07, 6.45) is 3.62. The third-order valence-electron chi connectivity index (χ3n) is 5.17. The molecule has 2 aromatic carbocycles. The van der Waals surface area contributed by atoms with Gasteiger partial charge >= 0.3 is 0 Å². The van der Waals surface area contributed by atoms with Crippen LogP contribution in [0, 0.1) is 0 Å². The maximum Gasteiger partial charge on any atom is 0.251 e. The average Bonchev–Trinajstić information content (AvgIpc) is 3.32. The van der Waals surface area contributed by atoms with Crippen LogP contribution >= 0.6 is 0 Å². The SMILES string of the molecule is O=C(NCc1ccccc1Cn1cccn1)c1ccc(S(=O)(=O)N2CCOCC2)cc1. The molecule has 0 atom stereocenters. The molecule has 4 rings (SSSR count). The summed E-state index contributed by atoms with van der Waals surface area (Å²) in [5, 5.41) is 7.14. The van der Waals surface area contributed by atoms with E-state index in [0.29, 0.717) is 45.0 Å². The summed E-state index contributed by atoms with van der Waals surface area (Å²) in [5.74, 6) is -0.260. The summed E-state index contributed by atoms with van der Waals surface area (Å²) in [4.78, 5) is 12.8. The fraction of sp³-hybridized carbons (Fsp3) is 0.273. The number of sulfonamides is 1. The Morgan fingerprint density at radius 3 is 2.39 bits per heavy atom. The number of morpholine rings is 1. The molecule has 1 aliphatic heterocycles. The number of rotatable bonds is 7. The van der Waals surface area contributed by atoms with Crippen LogP contribution in [0.1, 0.15) is 21.5 Å². The second kappa shape index (κ2) is 9.42. The van der Waals surface area contributed by atoms with Gasteiger partial charge in [0.1, 0.15) is 0 Å². The van der Waals surface area contributed by atoms with Crippen molar-refractivity contribution in [3.05, 3.63) is 83.7 Å². The van der Waals surface area contributed by atoms with Crippen LogP contribution in [0.3, 0.4) is 0 Å². The van der Waals surface area contributed by atoms with Crippen molar-refractivity contribution in [3.63, 3.8) is 0 Å². The molecule has 8 nitrogen and oxygen atoms in total. The van der Waals surface area contributed by atoms with E-state index in [1.54, 1.807) is 6.20 Å². The molecule has 1 aliphatic rings. The van der Waals surface area contributed by atoms with E-state index in [9.17, 15) is 13.2 Å². The van der Waals surface area contributed by atoms with Gasteiger partial charge in [-0.15, -0.1) is 0 Å². The van der Waals surface area contributed by atoms with E-state index in [0.717, 1.165) is 11.1 Å². The number of hydrogen-bond donors (Lipinski definition) is 1. The van der Waals surface area contributed by atoms with Gasteiger partial charge in [0.25, 0.3) is 5.91 Å². The van der Waals surface area contributed by atoms with Crippen molar-refractivity contribution in [1.82, 2.24) is 19.4 Å². The highest BCUT2D eigenvalue weighted by Crippen LogP contribution is 2.18. The van der Waals surface area contributed by atoms with E-state index >= 15 is 0 Å². The minimum Gasteiger partial charge on any atom is -0.379 e. The first-order valence-electron chi connectivity index (χ1n) is 10.0. The zero-order chi connectivity index (χ0) is 21.7. The maximum atomic E-state index is 12.7. The molecule has 1 aromatic heterocycles. The lowest BCUT2D eigenvalue weighted by Crippen LogP contribution is -2.40. The van der Waals surface area contributed by atoms with Crippen LogP contribution in [-0.4, -0.2) is 54.7 Å². The Labute approximate surface area is 181 Å².